The number of amides is 2. The van der Waals surface area contributed by atoms with Crippen molar-refractivity contribution in [1.82, 2.24) is 14.9 Å². The van der Waals surface area contributed by atoms with Gasteiger partial charge in [0, 0.05) is 35.5 Å². The fraction of sp³-hybridized carbons (Fsp3) is 0.407. The quantitative estimate of drug-likeness (QED) is 0.225. The first-order valence-corrected chi connectivity index (χ1v) is 14.4. The number of thiazole rings is 1. The highest BCUT2D eigenvalue weighted by molar-refractivity contribution is 7.98. The van der Waals surface area contributed by atoms with Gasteiger partial charge in [0.1, 0.15) is 10.8 Å². The van der Waals surface area contributed by atoms with Crippen LogP contribution < -0.4 is 10.6 Å². The van der Waals surface area contributed by atoms with Crippen LogP contribution in [-0.4, -0.2) is 45.8 Å². The minimum absolute atomic E-state index is 0.0985. The van der Waals surface area contributed by atoms with Crippen LogP contribution in [0.15, 0.2) is 51.9 Å². The molecule has 0 spiro atoms. The summed E-state index contributed by atoms with van der Waals surface area (Å²) >= 11 is 2.95. The lowest BCUT2D eigenvalue weighted by Crippen LogP contribution is -2.45. The first-order chi connectivity index (χ1) is 18.8. The van der Waals surface area contributed by atoms with Crippen molar-refractivity contribution >= 4 is 45.7 Å². The van der Waals surface area contributed by atoms with Gasteiger partial charge >= 0.3 is 6.18 Å². The van der Waals surface area contributed by atoms with E-state index >= 15 is 0 Å². The molecule has 0 aliphatic carbocycles. The molecule has 40 heavy (non-hydrogen) atoms. The van der Waals surface area contributed by atoms with Gasteiger partial charge in [0.25, 0.3) is 5.91 Å². The third kappa shape index (κ3) is 7.45. The van der Waals surface area contributed by atoms with Crippen LogP contribution in [0.1, 0.15) is 61.2 Å². The number of hydrogen-bond donors (Lipinski definition) is 2. The molecule has 1 aliphatic heterocycles. The van der Waals surface area contributed by atoms with E-state index in [0.29, 0.717) is 36.3 Å². The second-order valence-corrected chi connectivity index (χ2v) is 12.2. The van der Waals surface area contributed by atoms with Gasteiger partial charge in [-0.25, -0.2) is 9.97 Å². The van der Waals surface area contributed by atoms with Crippen molar-refractivity contribution in [3.8, 4) is 0 Å². The Morgan fingerprint density at radius 1 is 1.30 bits per heavy atom. The average molecular weight is 594 g/mol. The maximum atomic E-state index is 13.7. The van der Waals surface area contributed by atoms with Crippen molar-refractivity contribution in [3.05, 3.63) is 65.2 Å². The van der Waals surface area contributed by atoms with E-state index in [0.717, 1.165) is 35.4 Å². The third-order valence-electron chi connectivity index (χ3n) is 6.17. The van der Waals surface area contributed by atoms with Crippen LogP contribution in [0.4, 0.5) is 24.0 Å². The number of hydrogen-bond acceptors (Lipinski definition) is 8. The van der Waals surface area contributed by atoms with Crippen LogP contribution in [0.3, 0.4) is 0 Å². The topological polar surface area (TPSA) is 100 Å². The molecule has 0 bridgehead atoms. The van der Waals surface area contributed by atoms with Crippen molar-refractivity contribution in [1.29, 1.82) is 0 Å². The highest BCUT2D eigenvalue weighted by Gasteiger charge is 2.35. The van der Waals surface area contributed by atoms with Gasteiger partial charge in [-0.15, -0.1) is 11.3 Å². The number of nitrogens with one attached hydrogen (secondary N) is 2. The van der Waals surface area contributed by atoms with Gasteiger partial charge in [0.15, 0.2) is 5.13 Å². The maximum Gasteiger partial charge on any atom is 0.418 e. The van der Waals surface area contributed by atoms with E-state index in [1.807, 2.05) is 5.38 Å². The molecule has 0 radical (unpaired) electrons. The first-order valence-electron chi connectivity index (χ1n) is 12.6. The lowest BCUT2D eigenvalue weighted by molar-refractivity contribution is -0.137. The number of likely N-dealkylation sites (tertiary alicyclic amines) is 1. The number of piperidine rings is 1. The van der Waals surface area contributed by atoms with E-state index in [1.165, 1.54) is 34.1 Å². The Morgan fingerprint density at radius 2 is 2.08 bits per heavy atom. The number of anilines is 2. The smallest absolute Gasteiger partial charge is 0.418 e. The molecule has 0 saturated carbocycles. The minimum Gasteiger partial charge on any atom is -0.444 e. The molecule has 1 unspecified atom stereocenters. The Morgan fingerprint density at radius 3 is 2.75 bits per heavy atom. The molecule has 8 nitrogen and oxygen atoms in total. The molecule has 1 atom stereocenters. The number of carbonyl (C=O) groups is 2. The first kappa shape index (κ1) is 29.7. The van der Waals surface area contributed by atoms with Crippen LogP contribution >= 0.6 is 23.1 Å². The van der Waals surface area contributed by atoms with Gasteiger partial charge in [0.05, 0.1) is 23.2 Å². The Kier molecular flexibility index (Phi) is 8.93. The van der Waals surface area contributed by atoms with E-state index in [2.05, 4.69) is 48.0 Å². The molecule has 1 fully saturated rings. The third-order valence-corrected chi connectivity index (χ3v) is 7.99. The number of benzene rings is 1. The molecule has 1 saturated heterocycles. The second kappa shape index (κ2) is 12.0. The standard InChI is InChI=1S/C27H30F3N5O3S2/c1-5-21(36)33-19-9-8-16(11-18(19)27(28,29)30)24(37)35-10-6-7-17(13-35)32-25-34-23(15-40-25)39-14-22-31-12-20(38-22)26(2,3)4/h5,8-9,11-12,15,17H,1,6-7,10,13-14H2,2-4H3,(H,32,34)(H,33,36). The Bertz CT molecular complexity index is 1380. The van der Waals surface area contributed by atoms with Crippen molar-refractivity contribution < 1.29 is 27.2 Å². The van der Waals surface area contributed by atoms with E-state index < -0.39 is 29.2 Å². The van der Waals surface area contributed by atoms with Gasteiger partial charge in [-0.05, 0) is 37.1 Å². The molecule has 1 aromatic carbocycles. The summed E-state index contributed by atoms with van der Waals surface area (Å²) in [4.78, 5) is 35.2. The molecule has 1 aliphatic rings. The average Bonchev–Trinajstić information content (AvgIpc) is 3.56. The summed E-state index contributed by atoms with van der Waals surface area (Å²) in [6, 6.07) is 3.06. The highest BCUT2D eigenvalue weighted by atomic mass is 32.2. The summed E-state index contributed by atoms with van der Waals surface area (Å²) in [5, 5.41) is 8.95. The molecule has 3 aromatic rings. The van der Waals surface area contributed by atoms with E-state index in [4.69, 9.17) is 4.42 Å². The summed E-state index contributed by atoms with van der Waals surface area (Å²) in [6.45, 7) is 10.2. The molecule has 214 valence electrons. The zero-order chi connectivity index (χ0) is 29.1. The Hall–Kier alpha value is -3.32. The lowest BCUT2D eigenvalue weighted by Gasteiger charge is -2.33. The predicted molar refractivity (Wildman–Crippen MR) is 150 cm³/mol. The lowest BCUT2D eigenvalue weighted by atomic mass is 9.94. The van der Waals surface area contributed by atoms with Crippen LogP contribution in [0.5, 0.6) is 0 Å². The molecule has 13 heteroatoms. The molecule has 2 aromatic heterocycles. The molecular weight excluding hydrogens is 563 g/mol. The number of rotatable bonds is 8. The Labute approximate surface area is 238 Å². The summed E-state index contributed by atoms with van der Waals surface area (Å²) in [5.41, 5.74) is -1.73. The van der Waals surface area contributed by atoms with E-state index in [-0.39, 0.29) is 17.0 Å². The zero-order valence-electron chi connectivity index (χ0n) is 22.3. The van der Waals surface area contributed by atoms with Crippen molar-refractivity contribution in [3.63, 3.8) is 0 Å². The van der Waals surface area contributed by atoms with E-state index in [1.54, 1.807) is 6.20 Å². The van der Waals surface area contributed by atoms with Gasteiger partial charge in [0.2, 0.25) is 11.8 Å². The SMILES string of the molecule is C=CC(=O)Nc1ccc(C(=O)N2CCCC(Nc3nc(SCc4ncc(C(C)(C)C)o4)cs3)C2)cc1C(F)(F)F. The van der Waals surface area contributed by atoms with Crippen LogP contribution in [-0.2, 0) is 22.1 Å². The monoisotopic (exact) mass is 593 g/mol. The maximum absolute atomic E-state index is 13.7. The highest BCUT2D eigenvalue weighted by Crippen LogP contribution is 2.36. The summed E-state index contributed by atoms with van der Waals surface area (Å²) in [5.74, 6) is 0.718. The van der Waals surface area contributed by atoms with Gasteiger partial charge in [-0.2, -0.15) is 13.2 Å². The largest absolute Gasteiger partial charge is 0.444 e. The number of nitrogens with zero attached hydrogens (tertiary/aromatic N) is 3. The van der Waals surface area contributed by atoms with Crippen LogP contribution in [0.2, 0.25) is 0 Å². The fourth-order valence-electron chi connectivity index (χ4n) is 4.09. The number of thioether (sulfide) groups is 1. The molecule has 2 amide bonds. The summed E-state index contributed by atoms with van der Waals surface area (Å²) in [7, 11) is 0. The van der Waals surface area contributed by atoms with Crippen LogP contribution in [0.25, 0.3) is 0 Å². The van der Waals surface area contributed by atoms with Crippen LogP contribution in [0, 0.1) is 0 Å². The number of carbonyl (C=O) groups excluding carboxylic acids is 2. The molecule has 3 heterocycles. The predicted octanol–water partition coefficient (Wildman–Crippen LogP) is 6.58. The van der Waals surface area contributed by atoms with Gasteiger partial charge < -0.3 is 20.0 Å². The number of halogens is 3. The number of oxazole rings is 1. The second-order valence-electron chi connectivity index (χ2n) is 10.3. The minimum atomic E-state index is -4.76. The number of alkyl halides is 3. The normalized spacial score (nSPS) is 16.1. The molecular formula is C27H30F3N5O3S2. The number of aromatic nitrogens is 2. The molecule has 4 rings (SSSR count). The summed E-state index contributed by atoms with van der Waals surface area (Å²) in [6.07, 6.45) is -0.648. The summed E-state index contributed by atoms with van der Waals surface area (Å²) < 4.78 is 46.8. The van der Waals surface area contributed by atoms with Crippen molar-refractivity contribution in [2.75, 3.05) is 23.7 Å². The zero-order valence-corrected chi connectivity index (χ0v) is 23.9. The Balaban J connectivity index is 1.37. The molecule has 2 N–H and O–H groups in total. The van der Waals surface area contributed by atoms with E-state index in [9.17, 15) is 22.8 Å². The van der Waals surface area contributed by atoms with Crippen molar-refractivity contribution in [2.45, 2.75) is 62.0 Å². The van der Waals surface area contributed by atoms with Gasteiger partial charge in [-0.1, -0.05) is 39.1 Å². The van der Waals surface area contributed by atoms with Crippen molar-refractivity contribution in [2.24, 2.45) is 0 Å². The fourth-order valence-corrected chi connectivity index (χ4v) is 5.78. The van der Waals surface area contributed by atoms with Gasteiger partial charge in [-0.3, -0.25) is 9.59 Å².